The molecule has 0 aromatic heterocycles. The van der Waals surface area contributed by atoms with E-state index in [4.69, 9.17) is 4.74 Å². The zero-order valence-corrected chi connectivity index (χ0v) is 14.9. The third-order valence-corrected chi connectivity index (χ3v) is 5.56. The fourth-order valence-corrected chi connectivity index (χ4v) is 4.11. The maximum absolute atomic E-state index is 12.8. The summed E-state index contributed by atoms with van der Waals surface area (Å²) in [6, 6.07) is 22.3. The molecule has 0 aliphatic carbocycles. The molecule has 3 aromatic carbocycles. The highest BCUT2D eigenvalue weighted by atomic mass is 32.2. The van der Waals surface area contributed by atoms with E-state index in [0.717, 1.165) is 16.3 Å². The molecule has 5 heteroatoms. The van der Waals surface area contributed by atoms with Gasteiger partial charge in [-0.15, -0.1) is 0 Å². The molecule has 3 rings (SSSR count). The second kappa shape index (κ2) is 7.78. The molecule has 0 bridgehead atoms. The number of rotatable bonds is 7. The van der Waals surface area contributed by atoms with E-state index in [2.05, 4.69) is 4.72 Å². The van der Waals surface area contributed by atoms with Crippen molar-refractivity contribution in [2.24, 2.45) is 0 Å². The molecule has 0 aliphatic rings. The second-order valence-electron chi connectivity index (χ2n) is 5.97. The fraction of sp³-hybridized carbons (Fsp3) is 0.200. The van der Waals surface area contributed by atoms with Crippen LogP contribution in [-0.2, 0) is 21.2 Å². The molecule has 0 amide bonds. The number of methoxy groups -OCH3 is 1. The highest BCUT2D eigenvalue weighted by Gasteiger charge is 2.20. The zero-order chi connectivity index (χ0) is 17.7. The van der Waals surface area contributed by atoms with Crippen molar-refractivity contribution >= 4 is 20.8 Å². The van der Waals surface area contributed by atoms with Gasteiger partial charge in [-0.2, -0.15) is 0 Å². The summed E-state index contributed by atoms with van der Waals surface area (Å²) >= 11 is 0. The van der Waals surface area contributed by atoms with E-state index < -0.39 is 10.0 Å². The molecule has 0 spiro atoms. The van der Waals surface area contributed by atoms with Crippen molar-refractivity contribution < 1.29 is 13.2 Å². The van der Waals surface area contributed by atoms with Crippen LogP contribution < -0.4 is 4.72 Å². The zero-order valence-electron chi connectivity index (χ0n) is 14.1. The number of sulfonamides is 1. The van der Waals surface area contributed by atoms with Crippen molar-refractivity contribution in [2.75, 3.05) is 13.7 Å². The van der Waals surface area contributed by atoms with Crippen LogP contribution in [0.5, 0.6) is 0 Å². The van der Waals surface area contributed by atoms with Crippen molar-refractivity contribution in [1.82, 2.24) is 4.72 Å². The Bertz CT molecular complexity index is 939. The second-order valence-corrected chi connectivity index (χ2v) is 7.69. The molecular weight excluding hydrogens is 334 g/mol. The number of fused-ring (bicyclic) bond motifs is 1. The third-order valence-electron chi connectivity index (χ3n) is 4.05. The predicted octanol–water partition coefficient (Wildman–Crippen LogP) is 3.38. The lowest BCUT2D eigenvalue weighted by atomic mass is 10.1. The van der Waals surface area contributed by atoms with Crippen LogP contribution in [0.3, 0.4) is 0 Å². The summed E-state index contributed by atoms with van der Waals surface area (Å²) in [5, 5.41) is 1.91. The van der Waals surface area contributed by atoms with Gasteiger partial charge in [0.1, 0.15) is 0 Å². The van der Waals surface area contributed by atoms with Crippen LogP contribution in [-0.4, -0.2) is 28.2 Å². The first kappa shape index (κ1) is 17.6. The first-order chi connectivity index (χ1) is 12.1. The SMILES string of the molecule is COCC(Cc1ccccc1)NS(=O)(=O)c1ccc2ccccc2c1. The Hall–Kier alpha value is -2.21. The van der Waals surface area contributed by atoms with Crippen LogP contribution in [0.1, 0.15) is 5.56 Å². The first-order valence-electron chi connectivity index (χ1n) is 8.12. The Morgan fingerprint density at radius 3 is 2.32 bits per heavy atom. The van der Waals surface area contributed by atoms with E-state index in [9.17, 15) is 8.42 Å². The number of benzene rings is 3. The average Bonchev–Trinajstić information content (AvgIpc) is 2.62. The minimum atomic E-state index is -3.62. The highest BCUT2D eigenvalue weighted by Crippen LogP contribution is 2.19. The van der Waals surface area contributed by atoms with Gasteiger partial charge in [-0.25, -0.2) is 13.1 Å². The highest BCUT2D eigenvalue weighted by molar-refractivity contribution is 7.89. The Morgan fingerprint density at radius 2 is 1.60 bits per heavy atom. The van der Waals surface area contributed by atoms with Crippen LogP contribution in [0.4, 0.5) is 0 Å². The number of hydrogen-bond acceptors (Lipinski definition) is 3. The van der Waals surface area contributed by atoms with Gasteiger partial charge in [0.15, 0.2) is 0 Å². The molecule has 25 heavy (non-hydrogen) atoms. The lowest BCUT2D eigenvalue weighted by Gasteiger charge is -2.18. The Morgan fingerprint density at radius 1 is 0.920 bits per heavy atom. The van der Waals surface area contributed by atoms with Gasteiger partial charge < -0.3 is 4.74 Å². The van der Waals surface area contributed by atoms with Gasteiger partial charge in [0.05, 0.1) is 11.5 Å². The van der Waals surface area contributed by atoms with Crippen LogP contribution in [0.25, 0.3) is 10.8 Å². The molecule has 0 aliphatic heterocycles. The summed E-state index contributed by atoms with van der Waals surface area (Å²) < 4.78 is 33.5. The molecule has 0 saturated heterocycles. The first-order valence-corrected chi connectivity index (χ1v) is 9.61. The molecular formula is C20H21NO3S. The van der Waals surface area contributed by atoms with Gasteiger partial charge in [-0.3, -0.25) is 0 Å². The molecule has 1 unspecified atom stereocenters. The van der Waals surface area contributed by atoms with Crippen molar-refractivity contribution in [3.63, 3.8) is 0 Å². The average molecular weight is 355 g/mol. The molecule has 3 aromatic rings. The molecule has 4 nitrogen and oxygen atoms in total. The van der Waals surface area contributed by atoms with Crippen LogP contribution in [0.2, 0.25) is 0 Å². The minimum absolute atomic E-state index is 0.264. The predicted molar refractivity (Wildman–Crippen MR) is 100 cm³/mol. The van der Waals surface area contributed by atoms with Gasteiger partial charge >= 0.3 is 0 Å². The summed E-state index contributed by atoms with van der Waals surface area (Å²) in [6.45, 7) is 0.307. The van der Waals surface area contributed by atoms with Gasteiger partial charge in [-0.05, 0) is 34.9 Å². The lowest BCUT2D eigenvalue weighted by Crippen LogP contribution is -2.39. The van der Waals surface area contributed by atoms with Crippen LogP contribution in [0, 0.1) is 0 Å². The third kappa shape index (κ3) is 4.45. The van der Waals surface area contributed by atoms with Crippen molar-refractivity contribution in [3.8, 4) is 0 Å². The topological polar surface area (TPSA) is 55.4 Å². The van der Waals surface area contributed by atoms with Gasteiger partial charge in [0, 0.05) is 13.2 Å². The standard InChI is InChI=1S/C20H21NO3S/c1-24-15-19(13-16-7-3-2-4-8-16)21-25(22,23)20-12-11-17-9-5-6-10-18(17)14-20/h2-12,14,19,21H,13,15H2,1H3. The monoisotopic (exact) mass is 355 g/mol. The minimum Gasteiger partial charge on any atom is -0.383 e. The summed E-state index contributed by atoms with van der Waals surface area (Å²) in [7, 11) is -2.05. The van der Waals surface area contributed by atoms with Crippen molar-refractivity contribution in [2.45, 2.75) is 17.4 Å². The lowest BCUT2D eigenvalue weighted by molar-refractivity contribution is 0.174. The van der Waals surface area contributed by atoms with Gasteiger partial charge in [-0.1, -0.05) is 60.7 Å². The summed E-state index contributed by atoms with van der Waals surface area (Å²) in [5.41, 5.74) is 1.06. The number of hydrogen-bond donors (Lipinski definition) is 1. The molecule has 0 radical (unpaired) electrons. The van der Waals surface area contributed by atoms with Crippen molar-refractivity contribution in [3.05, 3.63) is 78.4 Å². The molecule has 0 heterocycles. The molecule has 0 saturated carbocycles. The largest absolute Gasteiger partial charge is 0.383 e. The number of nitrogens with one attached hydrogen (secondary N) is 1. The Balaban J connectivity index is 1.83. The van der Waals surface area contributed by atoms with E-state index in [1.165, 1.54) is 0 Å². The van der Waals surface area contributed by atoms with E-state index in [-0.39, 0.29) is 10.9 Å². The maximum Gasteiger partial charge on any atom is 0.240 e. The smallest absolute Gasteiger partial charge is 0.240 e. The normalized spacial score (nSPS) is 13.0. The van der Waals surface area contributed by atoms with E-state index >= 15 is 0 Å². The van der Waals surface area contributed by atoms with Gasteiger partial charge in [0.25, 0.3) is 0 Å². The molecule has 130 valence electrons. The molecule has 1 N–H and O–H groups in total. The van der Waals surface area contributed by atoms with Crippen molar-refractivity contribution in [1.29, 1.82) is 0 Å². The van der Waals surface area contributed by atoms with E-state index in [1.54, 1.807) is 19.2 Å². The van der Waals surface area contributed by atoms with Gasteiger partial charge in [0.2, 0.25) is 10.0 Å². The summed E-state index contributed by atoms with van der Waals surface area (Å²) in [5.74, 6) is 0. The fourth-order valence-electron chi connectivity index (χ4n) is 2.86. The Labute approximate surface area is 148 Å². The molecule has 0 fully saturated rings. The molecule has 1 atom stereocenters. The summed E-state index contributed by atoms with van der Waals surface area (Å²) in [6.07, 6.45) is 0.571. The summed E-state index contributed by atoms with van der Waals surface area (Å²) in [4.78, 5) is 0.264. The number of ether oxygens (including phenoxy) is 1. The van der Waals surface area contributed by atoms with Crippen LogP contribution >= 0.6 is 0 Å². The van der Waals surface area contributed by atoms with Crippen LogP contribution in [0.15, 0.2) is 77.7 Å². The Kier molecular flexibility index (Phi) is 5.48. The quantitative estimate of drug-likeness (QED) is 0.707. The van der Waals surface area contributed by atoms with E-state index in [1.807, 2.05) is 60.7 Å². The van der Waals surface area contributed by atoms with E-state index in [0.29, 0.717) is 13.0 Å². The maximum atomic E-state index is 12.8.